The van der Waals surface area contributed by atoms with Crippen LogP contribution >= 0.6 is 34.7 Å². The van der Waals surface area contributed by atoms with Gasteiger partial charge in [-0.2, -0.15) is 13.2 Å². The van der Waals surface area contributed by atoms with E-state index in [0.29, 0.717) is 33.2 Å². The van der Waals surface area contributed by atoms with Crippen LogP contribution in [0.3, 0.4) is 0 Å². The number of halogens is 4. The molecule has 0 saturated heterocycles. The number of anilines is 1. The van der Waals surface area contributed by atoms with Crippen LogP contribution in [0.2, 0.25) is 5.02 Å². The Morgan fingerprint density at radius 2 is 1.83 bits per heavy atom. The number of hydrogen-bond acceptors (Lipinski definition) is 7. The molecule has 0 aliphatic carbocycles. The highest BCUT2D eigenvalue weighted by Crippen LogP contribution is 2.34. The van der Waals surface area contributed by atoms with Gasteiger partial charge in [-0.25, -0.2) is 4.98 Å². The molecule has 0 fully saturated rings. The zero-order valence-corrected chi connectivity index (χ0v) is 24.4. The van der Waals surface area contributed by atoms with Gasteiger partial charge in [-0.05, 0) is 67.1 Å². The minimum absolute atomic E-state index is 0.0304. The first-order chi connectivity index (χ1) is 20.2. The van der Waals surface area contributed by atoms with Gasteiger partial charge in [-0.15, -0.1) is 21.5 Å². The van der Waals surface area contributed by atoms with E-state index in [4.69, 9.17) is 16.3 Å². The van der Waals surface area contributed by atoms with Crippen molar-refractivity contribution in [3.8, 4) is 22.8 Å². The summed E-state index contributed by atoms with van der Waals surface area (Å²) in [6.45, 7) is 2.48. The predicted octanol–water partition coefficient (Wildman–Crippen LogP) is 7.78. The molecule has 0 spiro atoms. The molecule has 2 aromatic heterocycles. The largest absolute Gasteiger partial charge is 0.494 e. The summed E-state index contributed by atoms with van der Waals surface area (Å²) in [5.74, 6) is 1.08. The number of nitrogens with one attached hydrogen (secondary N) is 1. The van der Waals surface area contributed by atoms with Crippen molar-refractivity contribution in [2.75, 3.05) is 17.7 Å². The van der Waals surface area contributed by atoms with Crippen molar-refractivity contribution in [3.05, 3.63) is 100 Å². The van der Waals surface area contributed by atoms with Crippen LogP contribution < -0.4 is 10.1 Å². The maximum Gasteiger partial charge on any atom is 0.416 e. The Morgan fingerprint density at radius 3 is 2.55 bits per heavy atom. The van der Waals surface area contributed by atoms with E-state index in [1.165, 1.54) is 35.4 Å². The van der Waals surface area contributed by atoms with Gasteiger partial charge in [-0.1, -0.05) is 41.6 Å². The highest BCUT2D eigenvalue weighted by Gasteiger charge is 2.31. The summed E-state index contributed by atoms with van der Waals surface area (Å²) >= 11 is 8.52. The molecule has 0 radical (unpaired) electrons. The van der Waals surface area contributed by atoms with Crippen LogP contribution in [0.25, 0.3) is 17.1 Å². The summed E-state index contributed by atoms with van der Waals surface area (Å²) in [6.07, 6.45) is -2.80. The molecule has 1 N–H and O–H groups in total. The van der Waals surface area contributed by atoms with Gasteiger partial charge < -0.3 is 10.1 Å². The fourth-order valence-electron chi connectivity index (χ4n) is 4.03. The second-order valence-corrected chi connectivity index (χ2v) is 11.3. The van der Waals surface area contributed by atoms with Crippen molar-refractivity contribution in [2.24, 2.45) is 0 Å². The zero-order valence-electron chi connectivity index (χ0n) is 22.1. The Bertz CT molecular complexity index is 1680. The normalized spacial score (nSPS) is 11.5. The number of aromatic nitrogens is 4. The molecular weight excluding hydrogens is 607 g/mol. The van der Waals surface area contributed by atoms with E-state index in [9.17, 15) is 18.0 Å². The van der Waals surface area contributed by atoms with Crippen molar-refractivity contribution < 1.29 is 22.7 Å². The zero-order chi connectivity index (χ0) is 29.7. The summed E-state index contributed by atoms with van der Waals surface area (Å²) in [7, 11) is 0. The molecule has 0 aliphatic rings. The van der Waals surface area contributed by atoms with Crippen molar-refractivity contribution in [3.63, 3.8) is 0 Å². The van der Waals surface area contributed by atoms with E-state index in [-0.39, 0.29) is 23.1 Å². The molecule has 0 saturated carbocycles. The number of benzene rings is 3. The molecule has 3 aromatic carbocycles. The Hall–Kier alpha value is -3.87. The predicted molar refractivity (Wildman–Crippen MR) is 159 cm³/mol. The topological polar surface area (TPSA) is 81.9 Å². The maximum atomic E-state index is 13.1. The van der Waals surface area contributed by atoms with Gasteiger partial charge in [0.05, 0.1) is 17.9 Å². The van der Waals surface area contributed by atoms with Crippen molar-refractivity contribution >= 4 is 45.7 Å². The molecule has 1 amide bonds. The van der Waals surface area contributed by atoms with Gasteiger partial charge in [0.1, 0.15) is 5.75 Å². The number of alkyl halides is 3. The number of ether oxygens (including phenoxy) is 1. The van der Waals surface area contributed by atoms with Crippen molar-refractivity contribution in [1.29, 1.82) is 0 Å². The second kappa shape index (κ2) is 13.0. The molecule has 0 unspecified atom stereocenters. The molecule has 7 nitrogen and oxygen atoms in total. The number of para-hydroxylation sites is 1. The van der Waals surface area contributed by atoms with E-state index in [2.05, 4.69) is 20.5 Å². The Balaban J connectivity index is 1.27. The third-order valence-electron chi connectivity index (χ3n) is 5.94. The standard InChI is InChI=1S/C29H23ClF3N5O2S2/c1-2-40-22-11-8-18(9-12-22)26-36-37-28(38(26)21-6-4-3-5-7-21)41-17-25(39)35-27-34-16-23(42-27)15-19-14-20(29(31,32)33)10-13-24(19)30/h3-14,16H,2,15,17H2,1H3,(H,34,35,39). The Labute approximate surface area is 252 Å². The lowest BCUT2D eigenvalue weighted by atomic mass is 10.1. The molecule has 5 aromatic rings. The molecular formula is C29H23ClF3N5O2S2. The number of amides is 1. The van der Waals surface area contributed by atoms with Gasteiger partial charge in [0.25, 0.3) is 0 Å². The first kappa shape index (κ1) is 29.6. The van der Waals surface area contributed by atoms with E-state index >= 15 is 0 Å². The van der Waals surface area contributed by atoms with Crippen LogP contribution in [0.1, 0.15) is 22.9 Å². The highest BCUT2D eigenvalue weighted by atomic mass is 35.5. The molecule has 5 rings (SSSR count). The average Bonchev–Trinajstić information content (AvgIpc) is 3.60. The molecule has 0 bridgehead atoms. The highest BCUT2D eigenvalue weighted by molar-refractivity contribution is 7.99. The molecule has 0 aliphatic heterocycles. The van der Waals surface area contributed by atoms with Crippen LogP contribution in [0.5, 0.6) is 5.75 Å². The number of nitrogens with zero attached hydrogens (tertiary/aromatic N) is 4. The lowest BCUT2D eigenvalue weighted by molar-refractivity contribution is -0.137. The van der Waals surface area contributed by atoms with E-state index < -0.39 is 11.7 Å². The lowest BCUT2D eigenvalue weighted by Crippen LogP contribution is -2.14. The second-order valence-electron chi connectivity index (χ2n) is 8.88. The van der Waals surface area contributed by atoms with Gasteiger partial charge in [-0.3, -0.25) is 9.36 Å². The Morgan fingerprint density at radius 1 is 1.07 bits per heavy atom. The Kier molecular flexibility index (Phi) is 9.15. The van der Waals surface area contributed by atoms with Crippen LogP contribution in [0, 0.1) is 0 Å². The number of thiazole rings is 1. The number of thioether (sulfide) groups is 1. The first-order valence-electron chi connectivity index (χ1n) is 12.7. The molecule has 2 heterocycles. The van der Waals surface area contributed by atoms with Gasteiger partial charge in [0, 0.05) is 33.8 Å². The van der Waals surface area contributed by atoms with E-state index in [1.54, 1.807) is 0 Å². The quantitative estimate of drug-likeness (QED) is 0.159. The summed E-state index contributed by atoms with van der Waals surface area (Å²) in [4.78, 5) is 17.7. The van der Waals surface area contributed by atoms with Crippen molar-refractivity contribution in [2.45, 2.75) is 24.7 Å². The number of carbonyl (C=O) groups is 1. The van der Waals surface area contributed by atoms with Gasteiger partial charge in [0.2, 0.25) is 5.91 Å². The van der Waals surface area contributed by atoms with Gasteiger partial charge in [0.15, 0.2) is 16.1 Å². The summed E-state index contributed by atoms with van der Waals surface area (Å²) in [5.41, 5.74) is 1.23. The SMILES string of the molecule is CCOc1ccc(-c2nnc(SCC(=O)Nc3ncc(Cc4cc(C(F)(F)F)ccc4Cl)s3)n2-c2ccccc2)cc1. The number of hydrogen-bond donors (Lipinski definition) is 1. The van der Waals surface area contributed by atoms with Crippen molar-refractivity contribution in [1.82, 2.24) is 19.7 Å². The average molecular weight is 630 g/mol. The van der Waals surface area contributed by atoms with Crippen LogP contribution in [0.15, 0.2) is 84.1 Å². The minimum atomic E-state index is -4.47. The molecule has 216 valence electrons. The third kappa shape index (κ3) is 7.12. The molecule has 42 heavy (non-hydrogen) atoms. The fraction of sp³-hybridized carbons (Fsp3) is 0.172. The minimum Gasteiger partial charge on any atom is -0.494 e. The lowest BCUT2D eigenvalue weighted by Gasteiger charge is -2.11. The van der Waals surface area contributed by atoms with Gasteiger partial charge >= 0.3 is 6.18 Å². The number of rotatable bonds is 10. The summed E-state index contributed by atoms with van der Waals surface area (Å²) in [6, 6.07) is 20.3. The summed E-state index contributed by atoms with van der Waals surface area (Å²) in [5, 5.41) is 12.6. The molecule has 0 atom stereocenters. The monoisotopic (exact) mass is 629 g/mol. The van der Waals surface area contributed by atoms with Crippen LogP contribution in [-0.4, -0.2) is 38.0 Å². The molecule has 13 heteroatoms. The number of carbonyl (C=O) groups excluding carboxylic acids is 1. The van der Waals surface area contributed by atoms with Crippen LogP contribution in [-0.2, 0) is 17.4 Å². The van der Waals surface area contributed by atoms with E-state index in [1.807, 2.05) is 66.1 Å². The first-order valence-corrected chi connectivity index (χ1v) is 14.9. The van der Waals surface area contributed by atoms with E-state index in [0.717, 1.165) is 29.1 Å². The summed E-state index contributed by atoms with van der Waals surface area (Å²) < 4.78 is 46.8. The fourth-order valence-corrected chi connectivity index (χ4v) is 5.82. The van der Waals surface area contributed by atoms with Crippen LogP contribution in [0.4, 0.5) is 18.3 Å². The smallest absolute Gasteiger partial charge is 0.416 e. The third-order valence-corrected chi connectivity index (χ3v) is 8.15. The maximum absolute atomic E-state index is 13.1.